The maximum Gasteiger partial charge on any atom is 0.334 e. The van der Waals surface area contributed by atoms with Crippen LogP contribution in [0.3, 0.4) is 0 Å². The zero-order valence-electron chi connectivity index (χ0n) is 11.3. The molecule has 0 heterocycles. The van der Waals surface area contributed by atoms with E-state index in [1.807, 2.05) is 0 Å². The second-order valence-electron chi connectivity index (χ2n) is 5.13. The highest BCUT2D eigenvalue weighted by Crippen LogP contribution is 2.30. The minimum atomic E-state index is -2.27. The summed E-state index contributed by atoms with van der Waals surface area (Å²) in [6, 6.07) is 0. The zero-order chi connectivity index (χ0) is 14.4. The predicted molar refractivity (Wildman–Crippen MR) is 65.2 cm³/mol. The van der Waals surface area contributed by atoms with Crippen molar-refractivity contribution in [3.8, 4) is 0 Å². The first kappa shape index (κ1) is 17.4. The molecule has 0 aliphatic rings. The Morgan fingerprint density at radius 2 is 1.61 bits per heavy atom. The number of esters is 1. The van der Waals surface area contributed by atoms with Crippen molar-refractivity contribution in [2.24, 2.45) is 5.41 Å². The molecule has 0 saturated carbocycles. The summed E-state index contributed by atoms with van der Waals surface area (Å²) >= 11 is 0. The van der Waals surface area contributed by atoms with Crippen LogP contribution in [0.4, 0.5) is 13.2 Å². The number of halogens is 3. The molecular formula is C11H21F3O3Si. The minimum Gasteiger partial charge on any atom is -0.464 e. The third-order valence-electron chi connectivity index (χ3n) is 2.33. The monoisotopic (exact) mass is 286 g/mol. The summed E-state index contributed by atoms with van der Waals surface area (Å²) in [6.45, 7) is 2.92. The smallest absolute Gasteiger partial charge is 0.334 e. The first-order valence-electron chi connectivity index (χ1n) is 5.78. The van der Waals surface area contributed by atoms with Crippen LogP contribution in [-0.4, -0.2) is 47.0 Å². The molecule has 0 aromatic heterocycles. The molecule has 0 amide bonds. The van der Waals surface area contributed by atoms with Crippen molar-refractivity contribution in [2.45, 2.75) is 32.7 Å². The molecule has 7 heteroatoms. The molecule has 0 aromatic rings. The van der Waals surface area contributed by atoms with Crippen molar-refractivity contribution in [1.29, 1.82) is 0 Å². The molecule has 0 aliphatic carbocycles. The van der Waals surface area contributed by atoms with Gasteiger partial charge in [0.1, 0.15) is 20.0 Å². The fourth-order valence-corrected chi connectivity index (χ4v) is 2.37. The average molecular weight is 286 g/mol. The highest BCUT2D eigenvalue weighted by Gasteiger charge is 2.48. The molecule has 0 aliphatic heterocycles. The van der Waals surface area contributed by atoms with Crippen molar-refractivity contribution in [3.05, 3.63) is 0 Å². The van der Waals surface area contributed by atoms with Crippen LogP contribution in [-0.2, 0) is 14.0 Å². The number of hydrogen-bond donors (Lipinski definition) is 0. The highest BCUT2D eigenvalue weighted by atomic mass is 28.4. The summed E-state index contributed by atoms with van der Waals surface area (Å²) in [5, 5.41) is 0. The van der Waals surface area contributed by atoms with Gasteiger partial charge in [-0.05, 0) is 26.6 Å². The zero-order valence-corrected chi connectivity index (χ0v) is 12.3. The Bertz CT molecular complexity index is 256. The topological polar surface area (TPSA) is 35.5 Å². The van der Waals surface area contributed by atoms with E-state index in [9.17, 15) is 18.0 Å². The van der Waals surface area contributed by atoms with Crippen molar-refractivity contribution < 1.29 is 27.1 Å². The van der Waals surface area contributed by atoms with Gasteiger partial charge >= 0.3 is 5.97 Å². The van der Waals surface area contributed by atoms with Crippen molar-refractivity contribution >= 4 is 14.3 Å². The maximum atomic E-state index is 13.0. The van der Waals surface area contributed by atoms with E-state index in [0.717, 1.165) is 0 Å². The normalized spacial score (nSPS) is 14.4. The maximum absolute atomic E-state index is 13.0. The van der Waals surface area contributed by atoms with E-state index >= 15 is 0 Å². The Morgan fingerprint density at radius 3 is 1.89 bits per heavy atom. The lowest BCUT2D eigenvalue weighted by molar-refractivity contribution is -0.162. The van der Waals surface area contributed by atoms with E-state index in [2.05, 4.69) is 0 Å². The average Bonchev–Trinajstić information content (AvgIpc) is 2.29. The molecule has 0 aromatic carbocycles. The SMILES string of the molecule is CCOC(=O)C(O[Si](C)(C)C)C(CF)(CF)CF. The van der Waals surface area contributed by atoms with Crippen molar-refractivity contribution in [2.75, 3.05) is 26.6 Å². The van der Waals surface area contributed by atoms with Crippen LogP contribution in [0.2, 0.25) is 19.6 Å². The summed E-state index contributed by atoms with van der Waals surface area (Å²) in [7, 11) is -2.27. The highest BCUT2D eigenvalue weighted by molar-refractivity contribution is 6.69. The fourth-order valence-electron chi connectivity index (χ4n) is 1.31. The minimum absolute atomic E-state index is 0.0470. The summed E-state index contributed by atoms with van der Waals surface area (Å²) < 4.78 is 49.1. The van der Waals surface area contributed by atoms with Gasteiger partial charge in [-0.2, -0.15) is 0 Å². The lowest BCUT2D eigenvalue weighted by Crippen LogP contribution is -2.52. The molecule has 0 radical (unpaired) electrons. The van der Waals surface area contributed by atoms with Gasteiger partial charge in [0, 0.05) is 0 Å². The van der Waals surface area contributed by atoms with E-state index in [1.165, 1.54) is 0 Å². The summed E-state index contributed by atoms with van der Waals surface area (Å²) in [5.41, 5.74) is -2.09. The number of ether oxygens (including phenoxy) is 1. The van der Waals surface area contributed by atoms with Gasteiger partial charge in [0.15, 0.2) is 14.4 Å². The van der Waals surface area contributed by atoms with Crippen molar-refractivity contribution in [3.63, 3.8) is 0 Å². The molecule has 0 bridgehead atoms. The van der Waals surface area contributed by atoms with Crippen molar-refractivity contribution in [1.82, 2.24) is 0 Å². The molecule has 0 spiro atoms. The Kier molecular flexibility index (Phi) is 6.91. The molecule has 18 heavy (non-hydrogen) atoms. The van der Waals surface area contributed by atoms with E-state index in [-0.39, 0.29) is 6.61 Å². The third kappa shape index (κ3) is 4.60. The van der Waals surface area contributed by atoms with Crippen LogP contribution in [0.25, 0.3) is 0 Å². The van der Waals surface area contributed by atoms with Gasteiger partial charge in [0.2, 0.25) is 0 Å². The van der Waals surface area contributed by atoms with Gasteiger partial charge in [-0.1, -0.05) is 0 Å². The Balaban J connectivity index is 5.23. The second-order valence-corrected chi connectivity index (χ2v) is 9.59. The fraction of sp³-hybridized carbons (Fsp3) is 0.909. The molecule has 108 valence electrons. The van der Waals surface area contributed by atoms with E-state index in [4.69, 9.17) is 9.16 Å². The van der Waals surface area contributed by atoms with Crippen LogP contribution < -0.4 is 0 Å². The molecule has 3 nitrogen and oxygen atoms in total. The summed E-state index contributed by atoms with van der Waals surface area (Å²) in [4.78, 5) is 11.7. The molecule has 0 N–H and O–H groups in total. The van der Waals surface area contributed by atoms with Crippen LogP contribution in [0.1, 0.15) is 6.92 Å². The summed E-state index contributed by atoms with van der Waals surface area (Å²) in [6.07, 6.45) is -1.54. The van der Waals surface area contributed by atoms with E-state index < -0.39 is 45.8 Å². The molecule has 1 unspecified atom stereocenters. The molecule has 0 saturated heterocycles. The Hall–Kier alpha value is -0.563. The molecular weight excluding hydrogens is 265 g/mol. The lowest BCUT2D eigenvalue weighted by Gasteiger charge is -2.36. The quantitative estimate of drug-likeness (QED) is 0.508. The van der Waals surface area contributed by atoms with Gasteiger partial charge in [0.25, 0.3) is 0 Å². The third-order valence-corrected chi connectivity index (χ3v) is 3.27. The Labute approximate surface area is 107 Å². The van der Waals surface area contributed by atoms with Gasteiger partial charge < -0.3 is 9.16 Å². The number of hydrogen-bond acceptors (Lipinski definition) is 3. The molecule has 1 atom stereocenters. The number of carbonyl (C=O) groups excluding carboxylic acids is 1. The number of carbonyl (C=O) groups is 1. The first-order chi connectivity index (χ1) is 8.26. The summed E-state index contributed by atoms with van der Waals surface area (Å²) in [5.74, 6) is -0.909. The first-order valence-corrected chi connectivity index (χ1v) is 9.19. The largest absolute Gasteiger partial charge is 0.464 e. The Morgan fingerprint density at radius 1 is 1.17 bits per heavy atom. The van der Waals surface area contributed by atoms with Crippen LogP contribution >= 0.6 is 0 Å². The van der Waals surface area contributed by atoms with Gasteiger partial charge in [-0.25, -0.2) is 4.79 Å². The van der Waals surface area contributed by atoms with Crippen LogP contribution in [0, 0.1) is 5.41 Å². The van der Waals surface area contributed by atoms with Crippen LogP contribution in [0.5, 0.6) is 0 Å². The van der Waals surface area contributed by atoms with Gasteiger partial charge in [-0.3, -0.25) is 13.2 Å². The number of rotatable bonds is 8. The van der Waals surface area contributed by atoms with E-state index in [0.29, 0.717) is 0 Å². The van der Waals surface area contributed by atoms with Gasteiger partial charge in [0.05, 0.1) is 12.0 Å². The van der Waals surface area contributed by atoms with Gasteiger partial charge in [-0.15, -0.1) is 0 Å². The standard InChI is InChI=1S/C11H21F3O3Si/c1-5-16-10(15)9(17-18(2,3)4)11(6-12,7-13)8-14/h9H,5-8H2,1-4H3. The van der Waals surface area contributed by atoms with Crippen LogP contribution in [0.15, 0.2) is 0 Å². The molecule has 0 fully saturated rings. The second kappa shape index (κ2) is 7.13. The van der Waals surface area contributed by atoms with E-state index in [1.54, 1.807) is 26.6 Å². The number of alkyl halides is 3. The predicted octanol–water partition coefficient (Wildman–Crippen LogP) is 2.66. The lowest BCUT2D eigenvalue weighted by atomic mass is 9.86. The molecule has 0 rings (SSSR count).